The van der Waals surface area contributed by atoms with E-state index in [0.29, 0.717) is 24.0 Å². The summed E-state index contributed by atoms with van der Waals surface area (Å²) in [5.74, 6) is 0.377. The Kier molecular flexibility index (Phi) is 4.60. The summed E-state index contributed by atoms with van der Waals surface area (Å²) in [6.45, 7) is 1.10. The number of hydrogen-bond donors (Lipinski definition) is 0. The maximum Gasteiger partial charge on any atom is 0.243 e. The molecule has 1 aromatic rings. The fourth-order valence-electron chi connectivity index (χ4n) is 1.93. The first-order chi connectivity index (χ1) is 8.45. The summed E-state index contributed by atoms with van der Waals surface area (Å²) in [5, 5.41) is 1.43. The molecule has 0 spiro atoms. The Morgan fingerprint density at radius 2 is 2.06 bits per heavy atom. The molecule has 100 valence electrons. The first kappa shape index (κ1) is 14.6. The maximum atomic E-state index is 12.4. The van der Waals surface area contributed by atoms with Crippen molar-refractivity contribution in [1.82, 2.24) is 4.31 Å². The molecule has 3 nitrogen and oxygen atoms in total. The van der Waals surface area contributed by atoms with Crippen molar-refractivity contribution in [2.24, 2.45) is 5.92 Å². The van der Waals surface area contributed by atoms with Crippen LogP contribution in [0.2, 0.25) is 10.0 Å². The van der Waals surface area contributed by atoms with Crippen LogP contribution < -0.4 is 0 Å². The van der Waals surface area contributed by atoms with Gasteiger partial charge < -0.3 is 0 Å². The largest absolute Gasteiger partial charge is 0.243 e. The van der Waals surface area contributed by atoms with E-state index in [4.69, 9.17) is 23.2 Å². The van der Waals surface area contributed by atoms with E-state index in [1.54, 1.807) is 0 Å². The molecule has 1 atom stereocenters. The molecule has 0 N–H and O–H groups in total. The monoisotopic (exact) mass is 371 g/mol. The molecule has 1 unspecified atom stereocenters. The third-order valence-corrected chi connectivity index (χ3v) is 6.51. The van der Waals surface area contributed by atoms with E-state index in [1.165, 1.54) is 22.5 Å². The van der Waals surface area contributed by atoms with Crippen LogP contribution in [0.4, 0.5) is 0 Å². The second-order valence-electron chi connectivity index (χ2n) is 4.25. The van der Waals surface area contributed by atoms with E-state index in [1.807, 2.05) is 0 Å². The van der Waals surface area contributed by atoms with Crippen LogP contribution in [0.1, 0.15) is 6.42 Å². The van der Waals surface area contributed by atoms with Gasteiger partial charge in [-0.1, -0.05) is 39.1 Å². The highest BCUT2D eigenvalue weighted by Gasteiger charge is 2.32. The molecule has 0 saturated carbocycles. The Labute approximate surface area is 125 Å². The van der Waals surface area contributed by atoms with Crippen molar-refractivity contribution in [3.05, 3.63) is 28.2 Å². The van der Waals surface area contributed by atoms with Gasteiger partial charge in [-0.15, -0.1) is 0 Å². The molecule has 2 rings (SSSR count). The lowest BCUT2D eigenvalue weighted by molar-refractivity contribution is 0.466. The van der Waals surface area contributed by atoms with Gasteiger partial charge in [-0.25, -0.2) is 8.42 Å². The normalized spacial score (nSPS) is 21.4. The zero-order valence-corrected chi connectivity index (χ0v) is 13.4. The van der Waals surface area contributed by atoms with Gasteiger partial charge in [0.25, 0.3) is 0 Å². The first-order valence-corrected chi connectivity index (χ1v) is 8.78. The van der Waals surface area contributed by atoms with Crippen LogP contribution in [0.3, 0.4) is 0 Å². The summed E-state index contributed by atoms with van der Waals surface area (Å²) in [5.41, 5.74) is 0. The van der Waals surface area contributed by atoms with Crippen molar-refractivity contribution >= 4 is 49.2 Å². The van der Waals surface area contributed by atoms with E-state index in [2.05, 4.69) is 15.9 Å². The molecule has 0 radical (unpaired) electrons. The summed E-state index contributed by atoms with van der Waals surface area (Å²) in [6.07, 6.45) is 0.881. The molecule has 1 aliphatic rings. The summed E-state index contributed by atoms with van der Waals surface area (Å²) in [4.78, 5) is 0.201. The van der Waals surface area contributed by atoms with E-state index in [9.17, 15) is 8.42 Å². The van der Waals surface area contributed by atoms with Crippen LogP contribution in [0.25, 0.3) is 0 Å². The molecule has 0 aromatic heterocycles. The van der Waals surface area contributed by atoms with Crippen molar-refractivity contribution in [2.75, 3.05) is 18.4 Å². The predicted molar refractivity (Wildman–Crippen MR) is 77.1 cm³/mol. The first-order valence-electron chi connectivity index (χ1n) is 5.46. The van der Waals surface area contributed by atoms with Gasteiger partial charge in [-0.05, 0) is 30.5 Å². The van der Waals surface area contributed by atoms with Crippen LogP contribution in [-0.4, -0.2) is 31.1 Å². The minimum Gasteiger partial charge on any atom is -0.207 e. The van der Waals surface area contributed by atoms with Gasteiger partial charge in [0.05, 0.1) is 14.9 Å². The van der Waals surface area contributed by atoms with Crippen LogP contribution in [0.5, 0.6) is 0 Å². The highest BCUT2D eigenvalue weighted by molar-refractivity contribution is 9.09. The van der Waals surface area contributed by atoms with Gasteiger partial charge in [0.1, 0.15) is 0 Å². The quantitative estimate of drug-likeness (QED) is 0.762. The fourth-order valence-corrected chi connectivity index (χ4v) is 4.38. The molecule has 1 fully saturated rings. The van der Waals surface area contributed by atoms with Gasteiger partial charge >= 0.3 is 0 Å². The zero-order chi connectivity index (χ0) is 13.3. The molecular formula is C11H12BrCl2NO2S. The molecule has 18 heavy (non-hydrogen) atoms. The van der Waals surface area contributed by atoms with E-state index >= 15 is 0 Å². The van der Waals surface area contributed by atoms with Crippen molar-refractivity contribution in [3.63, 3.8) is 0 Å². The lowest BCUT2D eigenvalue weighted by Crippen LogP contribution is -2.29. The number of alkyl halides is 1. The minimum atomic E-state index is -3.45. The smallest absolute Gasteiger partial charge is 0.207 e. The maximum absolute atomic E-state index is 12.4. The molecule has 0 amide bonds. The molecule has 0 bridgehead atoms. The standard InChI is InChI=1S/C11H12BrCl2NO2S/c12-6-8-3-4-15(7-8)18(16,17)9-1-2-10(13)11(14)5-9/h1-2,5,8H,3-4,6-7H2. The Morgan fingerprint density at radius 3 is 2.61 bits per heavy atom. The third-order valence-electron chi connectivity index (χ3n) is 3.00. The SMILES string of the molecule is O=S(=O)(c1ccc(Cl)c(Cl)c1)N1CCC(CBr)C1. The average Bonchev–Trinajstić information content (AvgIpc) is 2.81. The summed E-state index contributed by atoms with van der Waals surface area (Å²) in [7, 11) is -3.45. The number of benzene rings is 1. The van der Waals surface area contributed by atoms with Gasteiger partial charge in [-0.3, -0.25) is 0 Å². The summed E-state index contributed by atoms with van der Waals surface area (Å²) < 4.78 is 26.2. The number of halogens is 3. The van der Waals surface area contributed by atoms with Gasteiger partial charge in [0.15, 0.2) is 0 Å². The van der Waals surface area contributed by atoms with Crippen molar-refractivity contribution in [2.45, 2.75) is 11.3 Å². The summed E-state index contributed by atoms with van der Waals surface area (Å²) >= 11 is 15.0. The molecule has 1 aromatic carbocycles. The Bertz CT molecular complexity index is 550. The van der Waals surface area contributed by atoms with Gasteiger partial charge in [0.2, 0.25) is 10.0 Å². The topological polar surface area (TPSA) is 37.4 Å². The van der Waals surface area contributed by atoms with Crippen LogP contribution in [0, 0.1) is 5.92 Å². The van der Waals surface area contributed by atoms with E-state index < -0.39 is 10.0 Å². The summed E-state index contributed by atoms with van der Waals surface area (Å²) in [6, 6.07) is 4.40. The predicted octanol–water partition coefficient (Wildman–Crippen LogP) is 3.40. The number of rotatable bonds is 3. The molecule has 1 saturated heterocycles. The average molecular weight is 373 g/mol. The zero-order valence-electron chi connectivity index (χ0n) is 9.44. The highest BCUT2D eigenvalue weighted by atomic mass is 79.9. The van der Waals surface area contributed by atoms with E-state index in [-0.39, 0.29) is 9.92 Å². The van der Waals surface area contributed by atoms with Crippen LogP contribution in [0.15, 0.2) is 23.1 Å². The lowest BCUT2D eigenvalue weighted by Gasteiger charge is -2.16. The molecular weight excluding hydrogens is 361 g/mol. The molecule has 1 aliphatic heterocycles. The second-order valence-corrected chi connectivity index (χ2v) is 7.65. The van der Waals surface area contributed by atoms with Crippen molar-refractivity contribution in [1.29, 1.82) is 0 Å². The fraction of sp³-hybridized carbons (Fsp3) is 0.455. The highest BCUT2D eigenvalue weighted by Crippen LogP contribution is 2.29. The van der Waals surface area contributed by atoms with Gasteiger partial charge in [-0.2, -0.15) is 4.31 Å². The number of hydrogen-bond acceptors (Lipinski definition) is 2. The Morgan fingerprint density at radius 1 is 1.33 bits per heavy atom. The molecule has 0 aliphatic carbocycles. The number of nitrogens with zero attached hydrogens (tertiary/aromatic N) is 1. The third kappa shape index (κ3) is 2.85. The second kappa shape index (κ2) is 5.67. The molecule has 1 heterocycles. The molecule has 7 heteroatoms. The minimum absolute atomic E-state index is 0.201. The Balaban J connectivity index is 2.28. The van der Waals surface area contributed by atoms with Gasteiger partial charge in [0, 0.05) is 18.4 Å². The van der Waals surface area contributed by atoms with E-state index in [0.717, 1.165) is 11.8 Å². The van der Waals surface area contributed by atoms with Crippen molar-refractivity contribution < 1.29 is 8.42 Å². The van der Waals surface area contributed by atoms with Crippen LogP contribution >= 0.6 is 39.1 Å². The number of sulfonamides is 1. The lowest BCUT2D eigenvalue weighted by atomic mass is 10.2. The van der Waals surface area contributed by atoms with Crippen LogP contribution in [-0.2, 0) is 10.0 Å². The van der Waals surface area contributed by atoms with Crippen molar-refractivity contribution in [3.8, 4) is 0 Å². The Hall–Kier alpha value is 0.190.